The van der Waals surface area contributed by atoms with Crippen LogP contribution in [0, 0.1) is 5.82 Å². The van der Waals surface area contributed by atoms with Crippen LogP contribution < -0.4 is 5.73 Å². The summed E-state index contributed by atoms with van der Waals surface area (Å²) in [6, 6.07) is 0.888. The Morgan fingerprint density at radius 2 is 2.11 bits per heavy atom. The average Bonchev–Trinajstić information content (AvgIpc) is 2.31. The highest BCUT2D eigenvalue weighted by molar-refractivity contribution is 6.30. The van der Waals surface area contributed by atoms with Gasteiger partial charge in [-0.2, -0.15) is 8.78 Å². The van der Waals surface area contributed by atoms with E-state index in [0.29, 0.717) is 0 Å². The third-order valence-electron chi connectivity index (χ3n) is 2.23. The van der Waals surface area contributed by atoms with Gasteiger partial charge in [-0.15, -0.1) is 12.4 Å². The lowest BCUT2D eigenvalue weighted by atomic mass is 10.0. The molecule has 0 unspecified atom stereocenters. The quantitative estimate of drug-likeness (QED) is 0.868. The van der Waals surface area contributed by atoms with Gasteiger partial charge in [-0.05, 0) is 25.1 Å². The molecule has 0 bridgehead atoms. The molecule has 0 spiro atoms. The summed E-state index contributed by atoms with van der Waals surface area (Å²) in [6.07, 6.45) is 0. The Balaban J connectivity index is 0.00000324. The summed E-state index contributed by atoms with van der Waals surface area (Å²) >= 11 is 5.57. The van der Waals surface area contributed by atoms with Crippen LogP contribution in [0.25, 0.3) is 0 Å². The maximum Gasteiger partial charge on any atom is 0.379 e. The van der Waals surface area contributed by atoms with Gasteiger partial charge in [-0.3, -0.25) is 0 Å². The van der Waals surface area contributed by atoms with Crippen LogP contribution in [0.2, 0.25) is 5.02 Å². The molecule has 0 amide bonds. The highest BCUT2D eigenvalue weighted by Crippen LogP contribution is 2.33. The van der Waals surface area contributed by atoms with Crippen LogP contribution in [-0.4, -0.2) is 18.5 Å². The van der Waals surface area contributed by atoms with E-state index >= 15 is 0 Å². The molecule has 3 nitrogen and oxygen atoms in total. The lowest BCUT2D eigenvalue weighted by Gasteiger charge is -2.22. The fourth-order valence-corrected chi connectivity index (χ4v) is 1.48. The SMILES string of the molecule is CCOC(=O)C(F)(F)[C@H](N)c1cc(Cl)ccc1F.Cl. The van der Waals surface area contributed by atoms with Gasteiger partial charge in [0, 0.05) is 10.6 Å². The van der Waals surface area contributed by atoms with Gasteiger partial charge in [0.2, 0.25) is 0 Å². The molecule has 2 N–H and O–H groups in total. The summed E-state index contributed by atoms with van der Waals surface area (Å²) in [6.45, 7) is 1.15. The molecule has 1 atom stereocenters. The maximum atomic E-state index is 13.6. The average molecular weight is 318 g/mol. The normalized spacial score (nSPS) is 12.5. The Morgan fingerprint density at radius 3 is 2.63 bits per heavy atom. The Hall–Kier alpha value is -0.980. The molecule has 0 heterocycles. The lowest BCUT2D eigenvalue weighted by Crippen LogP contribution is -2.42. The summed E-state index contributed by atoms with van der Waals surface area (Å²) in [7, 11) is 0. The highest BCUT2D eigenvalue weighted by atomic mass is 35.5. The second-order valence-electron chi connectivity index (χ2n) is 3.49. The van der Waals surface area contributed by atoms with Crippen LogP contribution in [0.1, 0.15) is 18.5 Å². The predicted octanol–water partition coefficient (Wildman–Crippen LogP) is 3.10. The molecule has 0 saturated carbocycles. The van der Waals surface area contributed by atoms with Crippen molar-refractivity contribution in [2.75, 3.05) is 6.61 Å². The number of hydrogen-bond acceptors (Lipinski definition) is 3. The van der Waals surface area contributed by atoms with Gasteiger partial charge >= 0.3 is 11.9 Å². The first-order valence-corrected chi connectivity index (χ1v) is 5.44. The molecule has 0 saturated heterocycles. The number of nitrogens with two attached hydrogens (primary N) is 1. The lowest BCUT2D eigenvalue weighted by molar-refractivity contribution is -0.174. The molecule has 0 fully saturated rings. The summed E-state index contributed by atoms with van der Waals surface area (Å²) in [5, 5.41) is 0.0431. The van der Waals surface area contributed by atoms with Crippen LogP contribution in [0.15, 0.2) is 18.2 Å². The van der Waals surface area contributed by atoms with Crippen molar-refractivity contribution >= 4 is 30.0 Å². The van der Waals surface area contributed by atoms with Gasteiger partial charge < -0.3 is 10.5 Å². The topological polar surface area (TPSA) is 52.3 Å². The highest BCUT2D eigenvalue weighted by Gasteiger charge is 2.48. The fraction of sp³-hybridized carbons (Fsp3) is 0.364. The number of halogens is 5. The van der Waals surface area contributed by atoms with Gasteiger partial charge in [0.25, 0.3) is 0 Å². The molecule has 0 aromatic heterocycles. The molecule has 0 aliphatic carbocycles. The fourth-order valence-electron chi connectivity index (χ4n) is 1.30. The Morgan fingerprint density at radius 1 is 1.53 bits per heavy atom. The minimum Gasteiger partial charge on any atom is -0.462 e. The molecule has 0 aliphatic rings. The zero-order chi connectivity index (χ0) is 13.9. The molecule has 108 valence electrons. The van der Waals surface area contributed by atoms with Gasteiger partial charge in [0.1, 0.15) is 11.9 Å². The number of hydrogen-bond donors (Lipinski definition) is 1. The minimum atomic E-state index is -4.03. The number of alkyl halides is 2. The molecular formula is C11H12Cl2F3NO2. The predicted molar refractivity (Wildman–Crippen MR) is 67.2 cm³/mol. The first-order valence-electron chi connectivity index (χ1n) is 5.06. The molecule has 1 rings (SSSR count). The van der Waals surface area contributed by atoms with Crippen LogP contribution in [0.3, 0.4) is 0 Å². The largest absolute Gasteiger partial charge is 0.462 e. The number of esters is 1. The summed E-state index contributed by atoms with van der Waals surface area (Å²) in [5.74, 6) is -6.78. The first kappa shape index (κ1) is 18.0. The number of rotatable bonds is 4. The minimum absolute atomic E-state index is 0. The Labute approximate surface area is 119 Å². The van der Waals surface area contributed by atoms with Crippen molar-refractivity contribution < 1.29 is 22.7 Å². The van der Waals surface area contributed by atoms with E-state index in [9.17, 15) is 18.0 Å². The van der Waals surface area contributed by atoms with E-state index in [0.717, 1.165) is 12.1 Å². The van der Waals surface area contributed by atoms with Crippen LogP contribution >= 0.6 is 24.0 Å². The number of benzene rings is 1. The summed E-state index contributed by atoms with van der Waals surface area (Å²) < 4.78 is 44.7. The summed E-state index contributed by atoms with van der Waals surface area (Å²) in [4.78, 5) is 11.1. The second kappa shape index (κ2) is 6.98. The van der Waals surface area contributed by atoms with Crippen LogP contribution in [-0.2, 0) is 9.53 Å². The van der Waals surface area contributed by atoms with E-state index in [-0.39, 0.29) is 24.0 Å². The van der Waals surface area contributed by atoms with Gasteiger partial charge in [-0.25, -0.2) is 9.18 Å². The first-order chi connectivity index (χ1) is 8.30. The van der Waals surface area contributed by atoms with Crippen molar-refractivity contribution in [3.8, 4) is 0 Å². The Kier molecular flexibility index (Phi) is 6.62. The smallest absolute Gasteiger partial charge is 0.379 e. The molecular weight excluding hydrogens is 306 g/mol. The number of carbonyl (C=O) groups is 1. The number of ether oxygens (including phenoxy) is 1. The van der Waals surface area contributed by atoms with E-state index in [1.165, 1.54) is 13.0 Å². The van der Waals surface area contributed by atoms with Crippen LogP contribution in [0.5, 0.6) is 0 Å². The third kappa shape index (κ3) is 3.99. The van der Waals surface area contributed by atoms with E-state index in [1.54, 1.807) is 0 Å². The number of carbonyl (C=O) groups excluding carboxylic acids is 1. The van der Waals surface area contributed by atoms with E-state index in [2.05, 4.69) is 4.74 Å². The molecule has 1 aromatic carbocycles. The zero-order valence-electron chi connectivity index (χ0n) is 9.83. The van der Waals surface area contributed by atoms with Crippen molar-refractivity contribution in [2.45, 2.75) is 18.9 Å². The second-order valence-corrected chi connectivity index (χ2v) is 3.92. The van der Waals surface area contributed by atoms with Crippen molar-refractivity contribution in [1.82, 2.24) is 0 Å². The van der Waals surface area contributed by atoms with Gasteiger partial charge in [-0.1, -0.05) is 11.6 Å². The maximum absolute atomic E-state index is 13.6. The van der Waals surface area contributed by atoms with Gasteiger partial charge in [0.05, 0.1) is 6.61 Å². The Bertz CT molecular complexity index is 458. The van der Waals surface area contributed by atoms with Crippen LogP contribution in [0.4, 0.5) is 13.2 Å². The monoisotopic (exact) mass is 317 g/mol. The van der Waals surface area contributed by atoms with E-state index in [4.69, 9.17) is 17.3 Å². The van der Waals surface area contributed by atoms with Crippen molar-refractivity contribution in [3.05, 3.63) is 34.6 Å². The van der Waals surface area contributed by atoms with E-state index < -0.39 is 29.3 Å². The van der Waals surface area contributed by atoms with Gasteiger partial charge in [0.15, 0.2) is 0 Å². The summed E-state index contributed by atoms with van der Waals surface area (Å²) in [5.41, 5.74) is 4.68. The molecule has 0 radical (unpaired) electrons. The molecule has 19 heavy (non-hydrogen) atoms. The van der Waals surface area contributed by atoms with E-state index in [1.807, 2.05) is 0 Å². The van der Waals surface area contributed by atoms with Crippen molar-refractivity contribution in [1.29, 1.82) is 0 Å². The van der Waals surface area contributed by atoms with Crippen molar-refractivity contribution in [2.24, 2.45) is 5.73 Å². The third-order valence-corrected chi connectivity index (χ3v) is 2.47. The van der Waals surface area contributed by atoms with Crippen molar-refractivity contribution in [3.63, 3.8) is 0 Å². The zero-order valence-corrected chi connectivity index (χ0v) is 11.4. The molecule has 1 aromatic rings. The molecule has 0 aliphatic heterocycles. The standard InChI is InChI=1S/C11H11ClF3NO2.ClH/c1-2-18-10(17)11(14,15)9(16)7-5-6(12)3-4-8(7)13;/h3-5,9H,2,16H2,1H3;1H/t9-;/m1./s1. The molecule has 8 heteroatoms.